The van der Waals surface area contributed by atoms with Crippen molar-refractivity contribution >= 4 is 0 Å². The van der Waals surface area contributed by atoms with Crippen LogP contribution in [0.2, 0.25) is 0 Å². The van der Waals surface area contributed by atoms with Crippen molar-refractivity contribution in [2.24, 2.45) is 11.1 Å². The highest BCUT2D eigenvalue weighted by Crippen LogP contribution is 2.28. The molecule has 1 heterocycles. The van der Waals surface area contributed by atoms with Gasteiger partial charge in [0.05, 0.1) is 0 Å². The molecule has 0 spiro atoms. The first-order chi connectivity index (χ1) is 8.72. The predicted octanol–water partition coefficient (Wildman–Crippen LogP) is 2.05. The van der Waals surface area contributed by atoms with Gasteiger partial charge in [-0.1, -0.05) is 31.2 Å². The minimum Gasteiger partial charge on any atom is -0.381 e. The molecule has 2 rings (SSSR count). The second-order valence-corrected chi connectivity index (χ2v) is 5.55. The zero-order valence-electron chi connectivity index (χ0n) is 11.2. The first kappa shape index (κ1) is 13.5. The van der Waals surface area contributed by atoms with Crippen molar-refractivity contribution in [1.82, 2.24) is 5.32 Å². The molecule has 100 valence electrons. The van der Waals surface area contributed by atoms with E-state index in [9.17, 15) is 0 Å². The number of nitrogens with two attached hydrogens (primary N) is 1. The van der Waals surface area contributed by atoms with E-state index in [2.05, 4.69) is 36.5 Å². The molecule has 0 aromatic heterocycles. The zero-order valence-corrected chi connectivity index (χ0v) is 11.2. The number of hydrogen-bond donors (Lipinski definition) is 2. The van der Waals surface area contributed by atoms with Crippen LogP contribution in [0, 0.1) is 5.41 Å². The molecule has 0 bridgehead atoms. The molecule has 0 atom stereocenters. The Hall–Kier alpha value is -0.900. The lowest BCUT2D eigenvalue weighted by atomic mass is 9.82. The highest BCUT2D eigenvalue weighted by atomic mass is 16.5. The summed E-state index contributed by atoms with van der Waals surface area (Å²) in [6.07, 6.45) is 2.32. The fourth-order valence-corrected chi connectivity index (χ4v) is 2.34. The SMILES string of the molecule is CC1(CNCc2ccc(CN)cc2)CCOCC1. The van der Waals surface area contributed by atoms with Crippen molar-refractivity contribution in [3.63, 3.8) is 0 Å². The molecule has 0 amide bonds. The monoisotopic (exact) mass is 248 g/mol. The van der Waals surface area contributed by atoms with E-state index in [4.69, 9.17) is 10.5 Å². The van der Waals surface area contributed by atoms with Gasteiger partial charge in [0.15, 0.2) is 0 Å². The summed E-state index contributed by atoms with van der Waals surface area (Å²) in [6, 6.07) is 8.52. The predicted molar refractivity (Wildman–Crippen MR) is 74.2 cm³/mol. The van der Waals surface area contributed by atoms with E-state index in [-0.39, 0.29) is 0 Å². The zero-order chi connectivity index (χ0) is 12.8. The van der Waals surface area contributed by atoms with Gasteiger partial charge in [-0.25, -0.2) is 0 Å². The summed E-state index contributed by atoms with van der Waals surface area (Å²) in [5.41, 5.74) is 8.50. The highest BCUT2D eigenvalue weighted by molar-refractivity contribution is 5.22. The van der Waals surface area contributed by atoms with Crippen LogP contribution in [0.15, 0.2) is 24.3 Å². The largest absolute Gasteiger partial charge is 0.381 e. The standard InChI is InChI=1S/C15H24N2O/c1-15(6-8-18-9-7-15)12-17-11-14-4-2-13(10-16)3-5-14/h2-5,17H,6-12,16H2,1H3. The minimum absolute atomic E-state index is 0.398. The first-order valence-corrected chi connectivity index (χ1v) is 6.78. The quantitative estimate of drug-likeness (QED) is 0.838. The van der Waals surface area contributed by atoms with Crippen molar-refractivity contribution < 1.29 is 4.74 Å². The Bertz CT molecular complexity index is 355. The van der Waals surface area contributed by atoms with Crippen LogP contribution in [-0.4, -0.2) is 19.8 Å². The van der Waals surface area contributed by atoms with E-state index in [1.807, 2.05) is 0 Å². The molecule has 3 N–H and O–H groups in total. The summed E-state index contributed by atoms with van der Waals surface area (Å²) in [5.74, 6) is 0. The van der Waals surface area contributed by atoms with E-state index >= 15 is 0 Å². The van der Waals surface area contributed by atoms with Gasteiger partial charge >= 0.3 is 0 Å². The lowest BCUT2D eigenvalue weighted by Crippen LogP contribution is -2.36. The van der Waals surface area contributed by atoms with Gasteiger partial charge in [0.1, 0.15) is 0 Å². The summed E-state index contributed by atoms with van der Waals surface area (Å²) >= 11 is 0. The van der Waals surface area contributed by atoms with Crippen LogP contribution in [0.3, 0.4) is 0 Å². The van der Waals surface area contributed by atoms with Crippen molar-refractivity contribution in [2.45, 2.75) is 32.9 Å². The second kappa shape index (κ2) is 6.32. The van der Waals surface area contributed by atoms with Crippen LogP contribution in [-0.2, 0) is 17.8 Å². The van der Waals surface area contributed by atoms with Gasteiger partial charge in [-0.2, -0.15) is 0 Å². The topological polar surface area (TPSA) is 47.3 Å². The molecule has 0 radical (unpaired) electrons. The van der Waals surface area contributed by atoms with Crippen molar-refractivity contribution in [1.29, 1.82) is 0 Å². The average Bonchev–Trinajstić information content (AvgIpc) is 2.40. The molecule has 18 heavy (non-hydrogen) atoms. The lowest BCUT2D eigenvalue weighted by molar-refractivity contribution is 0.0240. The molecular weight excluding hydrogens is 224 g/mol. The van der Waals surface area contributed by atoms with Crippen LogP contribution in [0.5, 0.6) is 0 Å². The molecule has 1 aliphatic heterocycles. The summed E-state index contributed by atoms with van der Waals surface area (Å²) < 4.78 is 5.42. The van der Waals surface area contributed by atoms with E-state index in [1.165, 1.54) is 11.1 Å². The van der Waals surface area contributed by atoms with Gasteiger partial charge in [0.2, 0.25) is 0 Å². The maximum atomic E-state index is 5.59. The first-order valence-electron chi connectivity index (χ1n) is 6.78. The summed E-state index contributed by atoms with van der Waals surface area (Å²) in [6.45, 7) is 6.77. The van der Waals surface area contributed by atoms with Gasteiger partial charge in [0.25, 0.3) is 0 Å². The normalized spacial score (nSPS) is 18.8. The molecule has 1 aromatic carbocycles. The highest BCUT2D eigenvalue weighted by Gasteiger charge is 2.26. The third-order valence-electron chi connectivity index (χ3n) is 3.84. The Morgan fingerprint density at radius 3 is 2.39 bits per heavy atom. The molecular formula is C15H24N2O. The maximum Gasteiger partial charge on any atom is 0.0471 e. The Morgan fingerprint density at radius 1 is 1.17 bits per heavy atom. The third kappa shape index (κ3) is 3.80. The number of hydrogen-bond acceptors (Lipinski definition) is 3. The molecule has 3 heteroatoms. The Labute approximate surface area is 110 Å². The molecule has 0 saturated carbocycles. The summed E-state index contributed by atoms with van der Waals surface area (Å²) in [7, 11) is 0. The van der Waals surface area contributed by atoms with Crippen LogP contribution in [0.4, 0.5) is 0 Å². The molecule has 0 unspecified atom stereocenters. The van der Waals surface area contributed by atoms with E-state index in [1.54, 1.807) is 0 Å². The molecule has 1 aliphatic rings. The fourth-order valence-electron chi connectivity index (χ4n) is 2.34. The Morgan fingerprint density at radius 2 is 1.78 bits per heavy atom. The molecule has 1 fully saturated rings. The average molecular weight is 248 g/mol. The molecule has 1 saturated heterocycles. The summed E-state index contributed by atoms with van der Waals surface area (Å²) in [4.78, 5) is 0. The van der Waals surface area contributed by atoms with E-state index in [0.717, 1.165) is 39.1 Å². The van der Waals surface area contributed by atoms with Crippen LogP contribution < -0.4 is 11.1 Å². The number of nitrogens with one attached hydrogen (secondary N) is 1. The van der Waals surface area contributed by atoms with Gasteiger partial charge in [-0.15, -0.1) is 0 Å². The minimum atomic E-state index is 0.398. The van der Waals surface area contributed by atoms with Crippen molar-refractivity contribution in [2.75, 3.05) is 19.8 Å². The number of ether oxygens (including phenoxy) is 1. The lowest BCUT2D eigenvalue weighted by Gasteiger charge is -2.33. The molecule has 1 aromatic rings. The smallest absolute Gasteiger partial charge is 0.0471 e. The second-order valence-electron chi connectivity index (χ2n) is 5.55. The van der Waals surface area contributed by atoms with Gasteiger partial charge in [0, 0.05) is 32.8 Å². The van der Waals surface area contributed by atoms with Crippen LogP contribution in [0.25, 0.3) is 0 Å². The van der Waals surface area contributed by atoms with E-state index in [0.29, 0.717) is 12.0 Å². The number of benzene rings is 1. The van der Waals surface area contributed by atoms with E-state index < -0.39 is 0 Å². The van der Waals surface area contributed by atoms with Crippen LogP contribution >= 0.6 is 0 Å². The fraction of sp³-hybridized carbons (Fsp3) is 0.600. The van der Waals surface area contributed by atoms with Gasteiger partial charge < -0.3 is 15.8 Å². The maximum absolute atomic E-state index is 5.59. The molecule has 0 aliphatic carbocycles. The van der Waals surface area contributed by atoms with Crippen molar-refractivity contribution in [3.8, 4) is 0 Å². The van der Waals surface area contributed by atoms with Gasteiger partial charge in [-0.3, -0.25) is 0 Å². The number of rotatable bonds is 5. The molecule has 3 nitrogen and oxygen atoms in total. The Kier molecular flexibility index (Phi) is 4.75. The Balaban J connectivity index is 1.77. The summed E-state index contributed by atoms with van der Waals surface area (Å²) in [5, 5.41) is 3.56. The van der Waals surface area contributed by atoms with Gasteiger partial charge in [-0.05, 0) is 29.4 Å². The third-order valence-corrected chi connectivity index (χ3v) is 3.84. The van der Waals surface area contributed by atoms with Crippen molar-refractivity contribution in [3.05, 3.63) is 35.4 Å². The van der Waals surface area contributed by atoms with Crippen LogP contribution in [0.1, 0.15) is 30.9 Å².